The van der Waals surface area contributed by atoms with Crippen molar-refractivity contribution in [2.45, 2.75) is 37.6 Å². The van der Waals surface area contributed by atoms with E-state index in [0.29, 0.717) is 5.69 Å². The molecule has 0 unspecified atom stereocenters. The predicted octanol–water partition coefficient (Wildman–Crippen LogP) is -0.378. The molecule has 0 atom stereocenters. The van der Waals surface area contributed by atoms with E-state index in [9.17, 15) is 22.6 Å². The molecule has 0 saturated heterocycles. The summed E-state index contributed by atoms with van der Waals surface area (Å²) in [6.07, 6.45) is 0. The van der Waals surface area contributed by atoms with Crippen molar-refractivity contribution in [1.82, 2.24) is 0 Å². The quantitative estimate of drug-likeness (QED) is 0.401. The minimum atomic E-state index is -4.70. The van der Waals surface area contributed by atoms with Gasteiger partial charge in [-0.2, -0.15) is 0 Å². The van der Waals surface area contributed by atoms with Gasteiger partial charge in [0.2, 0.25) is 0 Å². The number of amides is 1. The summed E-state index contributed by atoms with van der Waals surface area (Å²) in [6, 6.07) is 11.2. The Morgan fingerprint density at radius 1 is 1.04 bits per heavy atom. The maximum atomic E-state index is 12.4. The summed E-state index contributed by atoms with van der Waals surface area (Å²) in [4.78, 5) is 25.4. The number of Topliss-reactive ketones (excluding diaryl/α,β-unsaturated/α-hetero) is 1. The van der Waals surface area contributed by atoms with E-state index in [-0.39, 0.29) is 47.1 Å². The van der Waals surface area contributed by atoms with E-state index in [0.717, 1.165) is 23.3 Å². The maximum absolute atomic E-state index is 12.4. The summed E-state index contributed by atoms with van der Waals surface area (Å²) in [5, 5.41) is 0. The van der Waals surface area contributed by atoms with Gasteiger partial charge >= 0.3 is 29.6 Å². The molecule has 27 heavy (non-hydrogen) atoms. The molecule has 2 aromatic carbocycles. The Balaban J connectivity index is 0.00000261. The number of nitrogens with zero attached hydrogens (tertiary/aromatic N) is 1. The number of ketones is 1. The minimum absolute atomic E-state index is 0. The van der Waals surface area contributed by atoms with Gasteiger partial charge in [-0.3, -0.25) is 9.59 Å². The van der Waals surface area contributed by atoms with Crippen molar-refractivity contribution < 1.29 is 52.1 Å². The van der Waals surface area contributed by atoms with Crippen molar-refractivity contribution in [2.75, 3.05) is 4.90 Å². The molecule has 0 radical (unpaired) electrons. The first-order valence-corrected chi connectivity index (χ1v) is 9.45. The maximum Gasteiger partial charge on any atom is 1.00 e. The summed E-state index contributed by atoms with van der Waals surface area (Å²) < 4.78 is 33.5. The van der Waals surface area contributed by atoms with Crippen LogP contribution in [0.3, 0.4) is 0 Å². The van der Waals surface area contributed by atoms with Crippen LogP contribution in [0.4, 0.5) is 5.69 Å². The second kappa shape index (κ2) is 7.48. The fourth-order valence-corrected chi connectivity index (χ4v) is 3.41. The first kappa shape index (κ1) is 21.8. The molecule has 0 aromatic heterocycles. The van der Waals surface area contributed by atoms with Crippen LogP contribution in [0.25, 0.3) is 0 Å². The SMILES string of the molecule is CC(C)(C)c1cccc(CN2C(=O)C(=O)c3cc(S(=O)(=O)[O-])ccc32)c1.[Na+]. The second-order valence-electron chi connectivity index (χ2n) is 7.30. The molecular weight excluding hydrogens is 377 g/mol. The molecule has 0 N–H and O–H groups in total. The molecular formula is C19H18NNaO5S. The van der Waals surface area contributed by atoms with Crippen LogP contribution in [0.15, 0.2) is 47.4 Å². The second-order valence-corrected chi connectivity index (χ2v) is 8.68. The molecule has 0 aliphatic carbocycles. The van der Waals surface area contributed by atoms with Gasteiger partial charge in [-0.15, -0.1) is 0 Å². The number of carbonyl (C=O) groups is 2. The first-order valence-electron chi connectivity index (χ1n) is 8.04. The van der Waals surface area contributed by atoms with Crippen LogP contribution in [-0.2, 0) is 26.9 Å². The molecule has 0 saturated carbocycles. The number of hydrogen-bond donors (Lipinski definition) is 0. The van der Waals surface area contributed by atoms with Gasteiger partial charge in [0, 0.05) is 0 Å². The predicted molar refractivity (Wildman–Crippen MR) is 95.1 cm³/mol. The Labute approximate surface area is 180 Å². The van der Waals surface area contributed by atoms with Gasteiger partial charge in [0.05, 0.1) is 22.7 Å². The van der Waals surface area contributed by atoms with E-state index < -0.39 is 26.7 Å². The molecule has 1 aliphatic heterocycles. The standard InChI is InChI=1S/C19H19NO5S.Na/c1-19(2,3)13-6-4-5-12(9-13)11-20-16-8-7-14(26(23,24)25)10-15(16)17(21)18(20)22;/h4-10H,11H2,1-3H3,(H,23,24,25);/q;+1/p-1. The molecule has 0 spiro atoms. The number of rotatable bonds is 3. The van der Waals surface area contributed by atoms with Crippen LogP contribution >= 0.6 is 0 Å². The van der Waals surface area contributed by atoms with Crippen LogP contribution in [0, 0.1) is 0 Å². The molecule has 8 heteroatoms. The molecule has 1 amide bonds. The number of benzene rings is 2. The van der Waals surface area contributed by atoms with Gasteiger partial charge in [0.15, 0.2) is 0 Å². The van der Waals surface area contributed by atoms with E-state index >= 15 is 0 Å². The summed E-state index contributed by atoms with van der Waals surface area (Å²) >= 11 is 0. The monoisotopic (exact) mass is 395 g/mol. The van der Waals surface area contributed by atoms with Crippen LogP contribution in [0.5, 0.6) is 0 Å². The summed E-state index contributed by atoms with van der Waals surface area (Å²) in [5.74, 6) is -1.54. The number of anilines is 1. The van der Waals surface area contributed by atoms with E-state index in [1.807, 2.05) is 24.3 Å². The van der Waals surface area contributed by atoms with Gasteiger partial charge in [0.25, 0.3) is 11.7 Å². The fraction of sp³-hybridized carbons (Fsp3) is 0.263. The van der Waals surface area contributed by atoms with Crippen LogP contribution in [0.2, 0.25) is 0 Å². The van der Waals surface area contributed by atoms with Gasteiger partial charge < -0.3 is 9.45 Å². The number of carbonyl (C=O) groups excluding carboxylic acids is 2. The summed E-state index contributed by atoms with van der Waals surface area (Å²) in [7, 11) is -4.70. The smallest absolute Gasteiger partial charge is 0.744 e. The van der Waals surface area contributed by atoms with E-state index in [2.05, 4.69) is 20.8 Å². The average molecular weight is 395 g/mol. The van der Waals surface area contributed by atoms with Crippen molar-refractivity contribution in [3.05, 3.63) is 59.2 Å². The Morgan fingerprint density at radius 2 is 1.70 bits per heavy atom. The van der Waals surface area contributed by atoms with E-state index in [1.165, 1.54) is 11.0 Å². The molecule has 1 heterocycles. The summed E-state index contributed by atoms with van der Waals surface area (Å²) in [6.45, 7) is 6.43. The third-order valence-electron chi connectivity index (χ3n) is 4.37. The molecule has 2 aromatic rings. The average Bonchev–Trinajstić information content (AvgIpc) is 2.78. The largest absolute Gasteiger partial charge is 1.00 e. The Bertz CT molecular complexity index is 1020. The van der Waals surface area contributed by atoms with Gasteiger partial charge in [0.1, 0.15) is 10.1 Å². The minimum Gasteiger partial charge on any atom is -0.744 e. The van der Waals surface area contributed by atoms with Crippen molar-refractivity contribution in [1.29, 1.82) is 0 Å². The van der Waals surface area contributed by atoms with E-state index in [4.69, 9.17) is 0 Å². The normalized spacial score (nSPS) is 14.1. The Morgan fingerprint density at radius 3 is 2.30 bits per heavy atom. The molecule has 0 bridgehead atoms. The molecule has 0 fully saturated rings. The third kappa shape index (κ3) is 4.33. The van der Waals surface area contributed by atoms with Gasteiger partial charge in [-0.25, -0.2) is 8.42 Å². The summed E-state index contributed by atoms with van der Waals surface area (Å²) in [5.41, 5.74) is 2.15. The van der Waals surface area contributed by atoms with Crippen molar-refractivity contribution in [3.63, 3.8) is 0 Å². The molecule has 136 valence electrons. The number of fused-ring (bicyclic) bond motifs is 1. The van der Waals surface area contributed by atoms with Gasteiger partial charge in [-0.05, 0) is 34.7 Å². The first-order chi connectivity index (χ1) is 12.0. The van der Waals surface area contributed by atoms with Crippen molar-refractivity contribution in [3.8, 4) is 0 Å². The van der Waals surface area contributed by atoms with Gasteiger partial charge in [-0.1, -0.05) is 45.0 Å². The third-order valence-corrected chi connectivity index (χ3v) is 5.20. The number of hydrogen-bond acceptors (Lipinski definition) is 5. The fourth-order valence-electron chi connectivity index (χ4n) is 2.91. The topological polar surface area (TPSA) is 94.6 Å². The zero-order chi connectivity index (χ0) is 19.3. The Kier molecular flexibility index (Phi) is 6.04. The van der Waals surface area contributed by atoms with Crippen LogP contribution < -0.4 is 34.5 Å². The molecule has 3 rings (SSSR count). The molecule has 6 nitrogen and oxygen atoms in total. The van der Waals surface area contributed by atoms with Crippen LogP contribution in [-0.4, -0.2) is 24.7 Å². The zero-order valence-electron chi connectivity index (χ0n) is 15.6. The van der Waals surface area contributed by atoms with Crippen LogP contribution in [0.1, 0.15) is 42.3 Å². The van der Waals surface area contributed by atoms with Crippen molar-refractivity contribution in [2.24, 2.45) is 0 Å². The molecule has 1 aliphatic rings. The van der Waals surface area contributed by atoms with Crippen molar-refractivity contribution >= 4 is 27.5 Å². The zero-order valence-corrected chi connectivity index (χ0v) is 18.5. The Hall–Kier alpha value is -1.51. The van der Waals surface area contributed by atoms with E-state index in [1.54, 1.807) is 0 Å².